The summed E-state index contributed by atoms with van der Waals surface area (Å²) in [7, 11) is 3.56. The fourth-order valence-corrected chi connectivity index (χ4v) is 3.67. The molecule has 7 nitrogen and oxygen atoms in total. The lowest BCUT2D eigenvalue weighted by atomic mass is 9.55. The van der Waals surface area contributed by atoms with Crippen molar-refractivity contribution in [3.63, 3.8) is 0 Å². The van der Waals surface area contributed by atoms with Gasteiger partial charge in [0, 0.05) is 25.6 Å². The molecule has 26 heavy (non-hydrogen) atoms. The molecule has 1 aliphatic rings. The largest absolute Gasteiger partial charge is 0.378 e. The Morgan fingerprint density at radius 2 is 2.04 bits per heavy atom. The van der Waals surface area contributed by atoms with Crippen molar-refractivity contribution in [2.45, 2.75) is 45.4 Å². The van der Waals surface area contributed by atoms with Crippen LogP contribution in [0, 0.1) is 5.41 Å². The molecule has 0 saturated heterocycles. The highest BCUT2D eigenvalue weighted by Gasteiger charge is 2.59. The van der Waals surface area contributed by atoms with E-state index in [2.05, 4.69) is 36.2 Å². The number of methoxy groups -OCH3 is 1. The van der Waals surface area contributed by atoms with Crippen LogP contribution in [0.15, 0.2) is 36.7 Å². The summed E-state index contributed by atoms with van der Waals surface area (Å²) >= 11 is 0. The quantitative estimate of drug-likeness (QED) is 0.893. The van der Waals surface area contributed by atoms with Gasteiger partial charge in [-0.2, -0.15) is 5.10 Å². The first-order valence-corrected chi connectivity index (χ1v) is 8.80. The van der Waals surface area contributed by atoms with E-state index in [1.54, 1.807) is 16.7 Å². The Labute approximate surface area is 154 Å². The Balaban J connectivity index is 1.63. The van der Waals surface area contributed by atoms with Crippen molar-refractivity contribution >= 4 is 6.03 Å². The first kappa shape index (κ1) is 18.4. The number of amides is 2. The van der Waals surface area contributed by atoms with Gasteiger partial charge in [0.25, 0.3) is 0 Å². The molecule has 0 spiro atoms. The van der Waals surface area contributed by atoms with Gasteiger partial charge in [-0.25, -0.2) is 14.5 Å². The minimum absolute atomic E-state index is 0.113. The number of para-hydroxylation sites is 1. The number of hydrogen-bond acceptors (Lipinski definition) is 4. The summed E-state index contributed by atoms with van der Waals surface area (Å²) in [4.78, 5) is 18.7. The van der Waals surface area contributed by atoms with Gasteiger partial charge in [-0.1, -0.05) is 32.0 Å². The van der Waals surface area contributed by atoms with Gasteiger partial charge >= 0.3 is 6.03 Å². The number of ether oxygens (including phenoxy) is 1. The van der Waals surface area contributed by atoms with Crippen molar-refractivity contribution in [3.8, 4) is 5.69 Å². The Kier molecular flexibility index (Phi) is 4.75. The molecular formula is C19H27N5O2. The van der Waals surface area contributed by atoms with Crippen LogP contribution in [-0.4, -0.2) is 51.5 Å². The summed E-state index contributed by atoms with van der Waals surface area (Å²) in [5, 5.41) is 7.20. The molecule has 1 aromatic carbocycles. The summed E-state index contributed by atoms with van der Waals surface area (Å²) < 4.78 is 7.38. The zero-order chi connectivity index (χ0) is 18.9. The van der Waals surface area contributed by atoms with E-state index < -0.39 is 0 Å². The molecule has 2 amide bonds. The molecule has 0 bridgehead atoms. The molecule has 0 radical (unpaired) electrons. The van der Waals surface area contributed by atoms with Crippen LogP contribution in [0.2, 0.25) is 0 Å². The highest BCUT2D eigenvalue weighted by Crippen LogP contribution is 2.53. The zero-order valence-electron chi connectivity index (χ0n) is 16.1. The molecule has 3 rings (SSSR count). The maximum absolute atomic E-state index is 12.6. The minimum Gasteiger partial charge on any atom is -0.378 e. The lowest BCUT2D eigenvalue weighted by Gasteiger charge is -2.61. The second kappa shape index (κ2) is 6.72. The monoisotopic (exact) mass is 357 g/mol. The van der Waals surface area contributed by atoms with Crippen molar-refractivity contribution in [1.29, 1.82) is 0 Å². The third-order valence-electron chi connectivity index (χ3n) is 6.03. The van der Waals surface area contributed by atoms with E-state index >= 15 is 0 Å². The second-order valence-electron chi connectivity index (χ2n) is 7.57. The highest BCUT2D eigenvalue weighted by atomic mass is 16.5. The number of benzene rings is 1. The fraction of sp³-hybridized carbons (Fsp3) is 0.526. The van der Waals surface area contributed by atoms with Crippen LogP contribution in [0.5, 0.6) is 0 Å². The van der Waals surface area contributed by atoms with Crippen molar-refractivity contribution in [1.82, 2.24) is 25.0 Å². The number of rotatable bonds is 5. The van der Waals surface area contributed by atoms with Crippen molar-refractivity contribution in [3.05, 3.63) is 42.5 Å². The zero-order valence-corrected chi connectivity index (χ0v) is 16.1. The molecule has 0 aliphatic heterocycles. The molecule has 1 fully saturated rings. The maximum atomic E-state index is 12.6. The van der Waals surface area contributed by atoms with E-state index in [9.17, 15) is 4.79 Å². The summed E-state index contributed by atoms with van der Waals surface area (Å²) in [6, 6.07) is 9.74. The number of aromatic nitrogens is 3. The van der Waals surface area contributed by atoms with E-state index in [1.807, 2.05) is 37.4 Å². The maximum Gasteiger partial charge on any atom is 0.317 e. The Hall–Kier alpha value is -2.41. The highest BCUT2D eigenvalue weighted by molar-refractivity contribution is 5.74. The molecule has 1 N–H and O–H groups in total. The van der Waals surface area contributed by atoms with Gasteiger partial charge in [-0.05, 0) is 25.5 Å². The first-order chi connectivity index (χ1) is 12.3. The Bertz CT molecular complexity index is 773. The number of nitrogens with one attached hydrogen (secondary N) is 1. The topological polar surface area (TPSA) is 72.3 Å². The van der Waals surface area contributed by atoms with E-state index in [0.717, 1.165) is 12.1 Å². The van der Waals surface area contributed by atoms with Gasteiger partial charge in [-0.3, -0.25) is 0 Å². The SMILES string of the molecule is COC1(C)CC(N(C)C(=O)NCc2ncnn2-c2ccccc2)C1(C)C. The van der Waals surface area contributed by atoms with E-state index in [-0.39, 0.29) is 23.1 Å². The molecule has 1 saturated carbocycles. The third-order valence-corrected chi connectivity index (χ3v) is 6.03. The standard InChI is InChI=1S/C19H27N5O2/c1-18(2)15(11-19(18,3)26-5)23(4)17(25)20-12-16-21-13-22-24(16)14-9-7-6-8-10-14/h6-10,13,15H,11-12H2,1-5H3,(H,20,25). The van der Waals surface area contributed by atoms with Crippen LogP contribution in [0.25, 0.3) is 5.69 Å². The molecule has 2 atom stereocenters. The van der Waals surface area contributed by atoms with Gasteiger partial charge in [0.2, 0.25) is 0 Å². The number of nitrogens with zero attached hydrogens (tertiary/aromatic N) is 4. The summed E-state index contributed by atoms with van der Waals surface area (Å²) in [6.45, 7) is 6.69. The summed E-state index contributed by atoms with van der Waals surface area (Å²) in [5.74, 6) is 0.688. The molecular weight excluding hydrogens is 330 g/mol. The smallest absolute Gasteiger partial charge is 0.317 e. The average Bonchev–Trinajstić information content (AvgIpc) is 3.12. The number of carbonyl (C=O) groups is 1. The van der Waals surface area contributed by atoms with Gasteiger partial charge < -0.3 is 15.0 Å². The number of carbonyl (C=O) groups excluding carboxylic acids is 1. The van der Waals surface area contributed by atoms with Crippen LogP contribution < -0.4 is 5.32 Å². The van der Waals surface area contributed by atoms with Crippen LogP contribution >= 0.6 is 0 Å². The van der Waals surface area contributed by atoms with E-state index in [0.29, 0.717) is 12.4 Å². The molecule has 7 heteroatoms. The van der Waals surface area contributed by atoms with Crippen LogP contribution in [-0.2, 0) is 11.3 Å². The van der Waals surface area contributed by atoms with Crippen molar-refractivity contribution in [2.24, 2.45) is 5.41 Å². The molecule has 2 aromatic rings. The Morgan fingerprint density at radius 1 is 1.35 bits per heavy atom. The summed E-state index contributed by atoms with van der Waals surface area (Å²) in [5.41, 5.74) is 0.594. The van der Waals surface area contributed by atoms with Crippen molar-refractivity contribution < 1.29 is 9.53 Å². The normalized spacial score (nSPS) is 24.0. The van der Waals surface area contributed by atoms with Crippen molar-refractivity contribution in [2.75, 3.05) is 14.2 Å². The lowest BCUT2D eigenvalue weighted by Crippen LogP contribution is -2.69. The fourth-order valence-electron chi connectivity index (χ4n) is 3.67. The second-order valence-corrected chi connectivity index (χ2v) is 7.57. The first-order valence-electron chi connectivity index (χ1n) is 8.80. The molecule has 1 heterocycles. The van der Waals surface area contributed by atoms with E-state index in [4.69, 9.17) is 4.74 Å². The predicted molar refractivity (Wildman–Crippen MR) is 99.0 cm³/mol. The number of urea groups is 1. The molecule has 2 unspecified atom stereocenters. The predicted octanol–water partition coefficient (Wildman–Crippen LogP) is 2.61. The van der Waals surface area contributed by atoms with Gasteiger partial charge in [-0.15, -0.1) is 0 Å². The summed E-state index contributed by atoms with van der Waals surface area (Å²) in [6.07, 6.45) is 2.32. The third kappa shape index (κ3) is 2.96. The number of hydrogen-bond donors (Lipinski definition) is 1. The minimum atomic E-state index is -0.209. The average molecular weight is 357 g/mol. The lowest BCUT2D eigenvalue weighted by molar-refractivity contribution is -0.198. The molecule has 1 aliphatic carbocycles. The van der Waals surface area contributed by atoms with Gasteiger partial charge in [0.15, 0.2) is 5.82 Å². The van der Waals surface area contributed by atoms with Crippen LogP contribution in [0.1, 0.15) is 33.0 Å². The molecule has 1 aromatic heterocycles. The van der Waals surface area contributed by atoms with Gasteiger partial charge in [0.05, 0.1) is 17.8 Å². The molecule has 140 valence electrons. The van der Waals surface area contributed by atoms with Crippen LogP contribution in [0.3, 0.4) is 0 Å². The van der Waals surface area contributed by atoms with Crippen LogP contribution in [0.4, 0.5) is 4.79 Å². The Morgan fingerprint density at radius 3 is 2.65 bits per heavy atom. The van der Waals surface area contributed by atoms with E-state index in [1.165, 1.54) is 6.33 Å². The van der Waals surface area contributed by atoms with Gasteiger partial charge in [0.1, 0.15) is 6.33 Å².